The van der Waals surface area contributed by atoms with Crippen molar-refractivity contribution < 1.29 is 9.53 Å². The molecule has 2 unspecified atom stereocenters. The number of carbonyl (C=O) groups excluding carboxylic acids is 1. The Morgan fingerprint density at radius 1 is 1.37 bits per heavy atom. The number of hydrogen-bond donors (Lipinski definition) is 1. The lowest BCUT2D eigenvalue weighted by molar-refractivity contribution is -0.139. The summed E-state index contributed by atoms with van der Waals surface area (Å²) in [4.78, 5) is 13.5. The minimum absolute atomic E-state index is 0.175. The van der Waals surface area contributed by atoms with Gasteiger partial charge in [-0.1, -0.05) is 20.3 Å². The Hall–Kier alpha value is -0.870. The number of ether oxygens (including phenoxy) is 1. The average Bonchev–Trinajstić information content (AvgIpc) is 2.83. The zero-order chi connectivity index (χ0) is 14.3. The number of nitrogens with one attached hydrogen (secondary N) is 1. The Morgan fingerprint density at radius 2 is 2.05 bits per heavy atom. The summed E-state index contributed by atoms with van der Waals surface area (Å²) in [5, 5.41) is 3.54. The van der Waals surface area contributed by atoms with Crippen molar-refractivity contribution in [3.63, 3.8) is 0 Å². The van der Waals surface area contributed by atoms with Crippen molar-refractivity contribution in [2.24, 2.45) is 5.92 Å². The number of hydrogen-bond acceptors (Lipinski definition) is 4. The van der Waals surface area contributed by atoms with Gasteiger partial charge < -0.3 is 10.1 Å². The van der Waals surface area contributed by atoms with Crippen LogP contribution in [0.3, 0.4) is 0 Å². The largest absolute Gasteiger partial charge is 0.469 e. The fourth-order valence-electron chi connectivity index (χ4n) is 1.96. The van der Waals surface area contributed by atoms with E-state index in [1.165, 1.54) is 24.8 Å². The van der Waals surface area contributed by atoms with Crippen LogP contribution in [0.1, 0.15) is 43.4 Å². The van der Waals surface area contributed by atoms with Crippen molar-refractivity contribution >= 4 is 17.3 Å². The van der Waals surface area contributed by atoms with Gasteiger partial charge in [0.05, 0.1) is 13.5 Å². The first-order valence-corrected chi connectivity index (χ1v) is 7.74. The molecule has 0 bridgehead atoms. The summed E-state index contributed by atoms with van der Waals surface area (Å²) in [6.45, 7) is 7.63. The van der Waals surface area contributed by atoms with Crippen LogP contribution < -0.4 is 5.32 Å². The van der Waals surface area contributed by atoms with Crippen molar-refractivity contribution in [1.82, 2.24) is 5.32 Å². The van der Waals surface area contributed by atoms with Gasteiger partial charge in [-0.05, 0) is 31.4 Å². The third-order valence-electron chi connectivity index (χ3n) is 3.34. The molecule has 3 nitrogen and oxygen atoms in total. The number of carbonyl (C=O) groups is 1. The number of rotatable bonds is 8. The molecular weight excluding hydrogens is 258 g/mol. The third kappa shape index (κ3) is 6.21. The SMILES string of the molecule is CCC(C)CC(C)NCc1ccc(CC(=O)OC)s1. The van der Waals surface area contributed by atoms with Gasteiger partial charge >= 0.3 is 5.97 Å². The summed E-state index contributed by atoms with van der Waals surface area (Å²) in [5.41, 5.74) is 0. The Bertz CT molecular complexity index is 389. The van der Waals surface area contributed by atoms with Gasteiger partial charge in [0.2, 0.25) is 0 Å². The van der Waals surface area contributed by atoms with E-state index in [1.807, 2.05) is 6.07 Å². The van der Waals surface area contributed by atoms with Crippen molar-refractivity contribution in [2.45, 2.75) is 52.6 Å². The van der Waals surface area contributed by atoms with E-state index >= 15 is 0 Å². The van der Waals surface area contributed by atoms with Crippen LogP contribution in [0.5, 0.6) is 0 Å². The third-order valence-corrected chi connectivity index (χ3v) is 4.43. The second kappa shape index (κ2) is 8.33. The van der Waals surface area contributed by atoms with E-state index in [0.717, 1.165) is 17.3 Å². The van der Waals surface area contributed by atoms with Crippen molar-refractivity contribution in [1.29, 1.82) is 0 Å². The molecular formula is C15H25NO2S. The molecule has 0 radical (unpaired) electrons. The van der Waals surface area contributed by atoms with E-state index < -0.39 is 0 Å². The lowest BCUT2D eigenvalue weighted by atomic mass is 10.0. The molecule has 1 aromatic rings. The van der Waals surface area contributed by atoms with Gasteiger partial charge in [-0.15, -0.1) is 11.3 Å². The van der Waals surface area contributed by atoms with Crippen LogP contribution in [-0.2, 0) is 22.5 Å². The molecule has 0 spiro atoms. The molecule has 0 saturated heterocycles. The number of methoxy groups -OCH3 is 1. The summed E-state index contributed by atoms with van der Waals surface area (Å²) in [7, 11) is 1.43. The lowest BCUT2D eigenvalue weighted by Gasteiger charge is -2.16. The van der Waals surface area contributed by atoms with Gasteiger partial charge in [0.25, 0.3) is 0 Å². The fraction of sp³-hybridized carbons (Fsp3) is 0.667. The van der Waals surface area contributed by atoms with Crippen LogP contribution in [0, 0.1) is 5.92 Å². The first-order chi connectivity index (χ1) is 9.05. The molecule has 1 heterocycles. The Balaban J connectivity index is 2.35. The normalized spacial score (nSPS) is 14.1. The van der Waals surface area contributed by atoms with Crippen LogP contribution in [0.4, 0.5) is 0 Å². The second-order valence-corrected chi connectivity index (χ2v) is 6.40. The summed E-state index contributed by atoms with van der Waals surface area (Å²) >= 11 is 1.68. The van der Waals surface area contributed by atoms with Crippen LogP contribution in [0.25, 0.3) is 0 Å². The summed E-state index contributed by atoms with van der Waals surface area (Å²) in [6, 6.07) is 4.63. The summed E-state index contributed by atoms with van der Waals surface area (Å²) in [5.74, 6) is 0.590. The molecule has 0 aromatic carbocycles. The van der Waals surface area contributed by atoms with Crippen molar-refractivity contribution in [3.8, 4) is 0 Å². The Morgan fingerprint density at radius 3 is 2.68 bits per heavy atom. The molecule has 1 N–H and O–H groups in total. The van der Waals surface area contributed by atoms with E-state index in [2.05, 4.69) is 36.9 Å². The van der Waals surface area contributed by atoms with Gasteiger partial charge in [0.15, 0.2) is 0 Å². The highest BCUT2D eigenvalue weighted by Crippen LogP contribution is 2.18. The van der Waals surface area contributed by atoms with Gasteiger partial charge in [-0.3, -0.25) is 4.79 Å². The van der Waals surface area contributed by atoms with E-state index in [1.54, 1.807) is 11.3 Å². The van der Waals surface area contributed by atoms with Crippen LogP contribution in [0.15, 0.2) is 12.1 Å². The first kappa shape index (κ1) is 16.2. The number of esters is 1. The minimum Gasteiger partial charge on any atom is -0.469 e. The van der Waals surface area contributed by atoms with Gasteiger partial charge in [-0.2, -0.15) is 0 Å². The molecule has 0 aliphatic carbocycles. The monoisotopic (exact) mass is 283 g/mol. The maximum atomic E-state index is 11.2. The highest BCUT2D eigenvalue weighted by Gasteiger charge is 2.09. The van der Waals surface area contributed by atoms with Gasteiger partial charge in [-0.25, -0.2) is 0 Å². The van der Waals surface area contributed by atoms with Crippen LogP contribution in [0.2, 0.25) is 0 Å². The smallest absolute Gasteiger partial charge is 0.310 e. The van der Waals surface area contributed by atoms with Crippen LogP contribution in [-0.4, -0.2) is 19.1 Å². The summed E-state index contributed by atoms with van der Waals surface area (Å²) in [6.07, 6.45) is 2.81. The first-order valence-electron chi connectivity index (χ1n) is 6.92. The van der Waals surface area contributed by atoms with E-state index in [9.17, 15) is 4.79 Å². The molecule has 0 aliphatic rings. The topological polar surface area (TPSA) is 38.3 Å². The minimum atomic E-state index is -0.175. The maximum Gasteiger partial charge on any atom is 0.310 e. The predicted octanol–water partition coefficient (Wildman–Crippen LogP) is 3.38. The standard InChI is InChI=1S/C15H25NO2S/c1-5-11(2)8-12(3)16-10-14-7-6-13(19-14)9-15(17)18-4/h6-7,11-12,16H,5,8-10H2,1-4H3. The Kier molecular flexibility index (Phi) is 7.10. The molecule has 4 heteroatoms. The molecule has 0 saturated carbocycles. The zero-order valence-corrected chi connectivity index (χ0v) is 13.2. The molecule has 0 fully saturated rings. The zero-order valence-electron chi connectivity index (χ0n) is 12.4. The van der Waals surface area contributed by atoms with Gasteiger partial charge in [0.1, 0.15) is 0 Å². The highest BCUT2D eigenvalue weighted by atomic mass is 32.1. The molecule has 0 aliphatic heterocycles. The fourth-order valence-corrected chi connectivity index (χ4v) is 2.91. The van der Waals surface area contributed by atoms with Crippen LogP contribution >= 0.6 is 11.3 Å². The molecule has 0 amide bonds. The lowest BCUT2D eigenvalue weighted by Crippen LogP contribution is -2.26. The predicted molar refractivity (Wildman–Crippen MR) is 80.4 cm³/mol. The van der Waals surface area contributed by atoms with E-state index in [4.69, 9.17) is 0 Å². The molecule has 1 aromatic heterocycles. The maximum absolute atomic E-state index is 11.2. The van der Waals surface area contributed by atoms with E-state index in [-0.39, 0.29) is 5.97 Å². The quantitative estimate of drug-likeness (QED) is 0.743. The van der Waals surface area contributed by atoms with E-state index in [0.29, 0.717) is 12.5 Å². The van der Waals surface area contributed by atoms with Gasteiger partial charge in [0, 0.05) is 22.3 Å². The highest BCUT2D eigenvalue weighted by molar-refractivity contribution is 7.12. The second-order valence-electron chi connectivity index (χ2n) is 5.15. The molecule has 2 atom stereocenters. The molecule has 19 heavy (non-hydrogen) atoms. The average molecular weight is 283 g/mol. The number of thiophene rings is 1. The van der Waals surface area contributed by atoms with Crippen molar-refractivity contribution in [2.75, 3.05) is 7.11 Å². The molecule has 1 rings (SSSR count). The Labute approximate surface area is 120 Å². The van der Waals surface area contributed by atoms with Crippen molar-refractivity contribution in [3.05, 3.63) is 21.9 Å². The molecule has 108 valence electrons. The summed E-state index contributed by atoms with van der Waals surface area (Å²) < 4.78 is 4.67.